The summed E-state index contributed by atoms with van der Waals surface area (Å²) in [5, 5.41) is 17.1. The van der Waals surface area contributed by atoms with E-state index in [1.165, 1.54) is 12.8 Å². The van der Waals surface area contributed by atoms with Crippen LogP contribution in [0.15, 0.2) is 6.20 Å². The Bertz CT molecular complexity index is 698. The van der Waals surface area contributed by atoms with Gasteiger partial charge in [0.1, 0.15) is 5.69 Å². The van der Waals surface area contributed by atoms with E-state index < -0.39 is 0 Å². The van der Waals surface area contributed by atoms with Gasteiger partial charge in [-0.3, -0.25) is 19.5 Å². The molecular formula is C17H26N6O. The average molecular weight is 330 g/mol. The number of hydrogen-bond acceptors (Lipinski definition) is 6. The van der Waals surface area contributed by atoms with Crippen LogP contribution in [0.25, 0.3) is 0 Å². The van der Waals surface area contributed by atoms with Crippen molar-refractivity contribution in [1.29, 1.82) is 0 Å². The monoisotopic (exact) mass is 330 g/mol. The van der Waals surface area contributed by atoms with Crippen molar-refractivity contribution in [3.05, 3.63) is 34.7 Å². The maximum Gasteiger partial charge on any atom is 0.108 e. The number of rotatable bonds is 5. The average Bonchev–Trinajstić information content (AvgIpc) is 3.00. The quantitative estimate of drug-likeness (QED) is 0.892. The predicted octanol–water partition coefficient (Wildman–Crippen LogP) is 1.40. The van der Waals surface area contributed by atoms with Gasteiger partial charge in [-0.25, -0.2) is 0 Å². The van der Waals surface area contributed by atoms with Crippen LogP contribution < -0.4 is 0 Å². The van der Waals surface area contributed by atoms with Crippen LogP contribution in [0.5, 0.6) is 0 Å². The van der Waals surface area contributed by atoms with E-state index in [1.807, 2.05) is 31.6 Å². The van der Waals surface area contributed by atoms with Gasteiger partial charge in [0.25, 0.3) is 0 Å². The molecule has 0 amide bonds. The predicted molar refractivity (Wildman–Crippen MR) is 90.2 cm³/mol. The third-order valence-electron chi connectivity index (χ3n) is 4.75. The summed E-state index contributed by atoms with van der Waals surface area (Å²) in [6, 6.07) is 0. The molecule has 0 unspecified atom stereocenters. The minimum Gasteiger partial charge on any atom is -0.390 e. The van der Waals surface area contributed by atoms with E-state index in [-0.39, 0.29) is 6.61 Å². The molecule has 3 heterocycles. The molecule has 2 aromatic rings. The van der Waals surface area contributed by atoms with E-state index in [9.17, 15) is 0 Å². The second-order valence-electron chi connectivity index (χ2n) is 6.76. The molecule has 0 radical (unpaired) electrons. The van der Waals surface area contributed by atoms with Crippen LogP contribution in [0.4, 0.5) is 0 Å². The van der Waals surface area contributed by atoms with Crippen LogP contribution in [0, 0.1) is 26.7 Å². The highest BCUT2D eigenvalue weighted by molar-refractivity contribution is 5.17. The first-order chi connectivity index (χ1) is 11.5. The highest BCUT2D eigenvalue weighted by atomic mass is 16.3. The number of likely N-dealkylation sites (tertiary alicyclic amines) is 1. The number of piperidine rings is 1. The Kier molecular flexibility index (Phi) is 5.20. The lowest BCUT2D eigenvalue weighted by molar-refractivity contribution is 0.151. The first-order valence-corrected chi connectivity index (χ1v) is 8.58. The topological polar surface area (TPSA) is 80.0 Å². The molecule has 1 fully saturated rings. The standard InChI is InChI=1S/C17H26N6O/c1-12-13(2)19-17(14(3)18-12)10-22-6-4-5-15(7-22)8-23-9-16(11-24)20-21-23/h9,15,24H,4-8,10-11H2,1-3H3/t15-/m1/s1. The van der Waals surface area contributed by atoms with E-state index in [0.717, 1.165) is 49.0 Å². The van der Waals surface area contributed by atoms with Crippen molar-refractivity contribution in [2.75, 3.05) is 13.1 Å². The Morgan fingerprint density at radius 2 is 1.96 bits per heavy atom. The lowest BCUT2D eigenvalue weighted by Gasteiger charge is -2.32. The van der Waals surface area contributed by atoms with E-state index >= 15 is 0 Å². The number of aliphatic hydroxyl groups excluding tert-OH is 1. The molecule has 1 N–H and O–H groups in total. The summed E-state index contributed by atoms with van der Waals surface area (Å²) in [7, 11) is 0. The number of aryl methyl sites for hydroxylation is 3. The molecule has 0 spiro atoms. The fourth-order valence-electron chi connectivity index (χ4n) is 3.33. The van der Waals surface area contributed by atoms with Gasteiger partial charge in [0.15, 0.2) is 0 Å². The number of hydrogen-bond donors (Lipinski definition) is 1. The molecular weight excluding hydrogens is 304 g/mol. The van der Waals surface area contributed by atoms with Gasteiger partial charge in [-0.05, 0) is 46.1 Å². The van der Waals surface area contributed by atoms with E-state index in [0.29, 0.717) is 11.6 Å². The van der Waals surface area contributed by atoms with Crippen molar-refractivity contribution in [1.82, 2.24) is 29.9 Å². The summed E-state index contributed by atoms with van der Waals surface area (Å²) in [4.78, 5) is 11.8. The van der Waals surface area contributed by atoms with Gasteiger partial charge in [-0.1, -0.05) is 5.21 Å². The van der Waals surface area contributed by atoms with Gasteiger partial charge >= 0.3 is 0 Å². The van der Waals surface area contributed by atoms with Crippen molar-refractivity contribution in [3.63, 3.8) is 0 Å². The summed E-state index contributed by atoms with van der Waals surface area (Å²) < 4.78 is 1.85. The summed E-state index contributed by atoms with van der Waals surface area (Å²) in [6.45, 7) is 9.86. The highest BCUT2D eigenvalue weighted by Gasteiger charge is 2.22. The Hall–Kier alpha value is -1.86. The van der Waals surface area contributed by atoms with Gasteiger partial charge in [-0.2, -0.15) is 0 Å². The fraction of sp³-hybridized carbons (Fsp3) is 0.647. The SMILES string of the molecule is Cc1nc(C)c(CN2CCC[C@@H](Cn3cc(CO)nn3)C2)nc1C. The number of nitrogens with zero attached hydrogens (tertiary/aromatic N) is 6. The Morgan fingerprint density at radius 3 is 2.71 bits per heavy atom. The summed E-state index contributed by atoms with van der Waals surface area (Å²) >= 11 is 0. The molecule has 0 saturated carbocycles. The highest BCUT2D eigenvalue weighted by Crippen LogP contribution is 2.20. The summed E-state index contributed by atoms with van der Waals surface area (Å²) in [6.07, 6.45) is 4.21. The van der Waals surface area contributed by atoms with Gasteiger partial charge in [0.2, 0.25) is 0 Å². The molecule has 1 saturated heterocycles. The van der Waals surface area contributed by atoms with Crippen LogP contribution in [-0.2, 0) is 19.7 Å². The zero-order valence-electron chi connectivity index (χ0n) is 14.7. The zero-order valence-corrected chi connectivity index (χ0v) is 14.7. The lowest BCUT2D eigenvalue weighted by atomic mass is 9.98. The van der Waals surface area contributed by atoms with Crippen LogP contribution >= 0.6 is 0 Å². The van der Waals surface area contributed by atoms with Crippen LogP contribution in [0.3, 0.4) is 0 Å². The third-order valence-corrected chi connectivity index (χ3v) is 4.75. The molecule has 7 heteroatoms. The first kappa shape index (κ1) is 17.0. The van der Waals surface area contributed by atoms with E-state index in [1.54, 1.807) is 0 Å². The van der Waals surface area contributed by atoms with Gasteiger partial charge < -0.3 is 5.11 Å². The molecule has 1 aliphatic rings. The minimum absolute atomic E-state index is 0.0541. The van der Waals surface area contributed by atoms with Gasteiger partial charge in [-0.15, -0.1) is 5.10 Å². The third kappa shape index (κ3) is 3.96. The van der Waals surface area contributed by atoms with Crippen LogP contribution in [-0.4, -0.2) is 48.1 Å². The fourth-order valence-corrected chi connectivity index (χ4v) is 3.33. The number of aliphatic hydroxyl groups is 1. The molecule has 24 heavy (non-hydrogen) atoms. The number of aromatic nitrogens is 5. The molecule has 0 aliphatic carbocycles. The largest absolute Gasteiger partial charge is 0.390 e. The zero-order chi connectivity index (χ0) is 17.1. The van der Waals surface area contributed by atoms with E-state index in [4.69, 9.17) is 10.1 Å². The van der Waals surface area contributed by atoms with E-state index in [2.05, 4.69) is 20.2 Å². The molecule has 130 valence electrons. The van der Waals surface area contributed by atoms with Crippen molar-refractivity contribution in [2.24, 2.45) is 5.92 Å². The minimum atomic E-state index is -0.0541. The van der Waals surface area contributed by atoms with Crippen LogP contribution in [0.2, 0.25) is 0 Å². The Morgan fingerprint density at radius 1 is 1.17 bits per heavy atom. The van der Waals surface area contributed by atoms with Crippen molar-refractivity contribution in [3.8, 4) is 0 Å². The Labute approximate surface area is 142 Å². The molecule has 0 aromatic carbocycles. The molecule has 7 nitrogen and oxygen atoms in total. The van der Waals surface area contributed by atoms with Gasteiger partial charge in [0.05, 0.1) is 35.6 Å². The van der Waals surface area contributed by atoms with Crippen molar-refractivity contribution in [2.45, 2.75) is 53.3 Å². The second-order valence-corrected chi connectivity index (χ2v) is 6.76. The van der Waals surface area contributed by atoms with Crippen molar-refractivity contribution >= 4 is 0 Å². The van der Waals surface area contributed by atoms with Crippen LogP contribution in [0.1, 0.15) is 41.3 Å². The maximum atomic E-state index is 9.09. The van der Waals surface area contributed by atoms with Gasteiger partial charge in [0, 0.05) is 19.6 Å². The summed E-state index contributed by atoms with van der Waals surface area (Å²) in [5.41, 5.74) is 4.77. The molecule has 1 aliphatic heterocycles. The van der Waals surface area contributed by atoms with Crippen molar-refractivity contribution < 1.29 is 5.11 Å². The maximum absolute atomic E-state index is 9.09. The smallest absolute Gasteiger partial charge is 0.108 e. The molecule has 0 bridgehead atoms. The molecule has 3 rings (SSSR count). The normalized spacial score (nSPS) is 18.9. The summed E-state index contributed by atoms with van der Waals surface area (Å²) in [5.74, 6) is 0.548. The second kappa shape index (κ2) is 7.36. The first-order valence-electron chi connectivity index (χ1n) is 8.58. The molecule has 1 atom stereocenters. The molecule has 2 aromatic heterocycles. The Balaban J connectivity index is 1.62. The lowest BCUT2D eigenvalue weighted by Crippen LogP contribution is -2.37.